The molecule has 0 heterocycles. The molecule has 0 aliphatic heterocycles. The van der Waals surface area contributed by atoms with E-state index in [1.165, 1.54) is 13.0 Å². The molecule has 0 atom stereocenters. The molecule has 0 bridgehead atoms. The predicted molar refractivity (Wildman–Crippen MR) is 71.6 cm³/mol. The summed E-state index contributed by atoms with van der Waals surface area (Å²) >= 11 is 5.99. The quantitative estimate of drug-likeness (QED) is 0.642. The lowest BCUT2D eigenvalue weighted by Gasteiger charge is -2.09. The Balaban J connectivity index is 2.57. The smallest absolute Gasteiger partial charge is 0.338 e. The van der Waals surface area contributed by atoms with E-state index in [2.05, 4.69) is 5.32 Å². The van der Waals surface area contributed by atoms with Crippen molar-refractivity contribution in [3.8, 4) is 5.75 Å². The van der Waals surface area contributed by atoms with E-state index in [1.807, 2.05) is 0 Å². The molecule has 0 aliphatic rings. The summed E-state index contributed by atoms with van der Waals surface area (Å²) in [6.45, 7) is 4.18. The van der Waals surface area contributed by atoms with Crippen molar-refractivity contribution in [3.63, 3.8) is 0 Å². The second kappa shape index (κ2) is 7.63. The molecule has 1 aromatic rings. The van der Waals surface area contributed by atoms with E-state index in [0.29, 0.717) is 36.1 Å². The molecule has 0 aliphatic carbocycles. The number of halogens is 1. The highest BCUT2D eigenvalue weighted by Crippen LogP contribution is 2.25. The normalized spacial score (nSPS) is 9.84. The summed E-state index contributed by atoms with van der Waals surface area (Å²) in [6, 6.07) is 4.67. The number of hydrogen-bond acceptors (Lipinski definition) is 4. The molecule has 1 rings (SSSR count). The van der Waals surface area contributed by atoms with Gasteiger partial charge in [-0.2, -0.15) is 0 Å². The highest BCUT2D eigenvalue weighted by Gasteiger charge is 2.10. The van der Waals surface area contributed by atoms with Crippen LogP contribution in [0.15, 0.2) is 18.2 Å². The molecular formula is C13H16ClNO4. The molecule has 1 aromatic carbocycles. The Hall–Kier alpha value is -1.75. The highest BCUT2D eigenvalue weighted by atomic mass is 35.5. The van der Waals surface area contributed by atoms with Crippen molar-refractivity contribution in [1.82, 2.24) is 5.32 Å². The topological polar surface area (TPSA) is 64.6 Å². The average molecular weight is 286 g/mol. The predicted octanol–water partition coefficient (Wildman–Crippen LogP) is 2.03. The van der Waals surface area contributed by atoms with Crippen LogP contribution in [0, 0.1) is 0 Å². The maximum atomic E-state index is 11.5. The van der Waals surface area contributed by atoms with Crippen molar-refractivity contribution in [2.45, 2.75) is 13.8 Å². The Morgan fingerprint density at radius 1 is 1.37 bits per heavy atom. The van der Waals surface area contributed by atoms with E-state index in [-0.39, 0.29) is 5.91 Å². The zero-order chi connectivity index (χ0) is 14.3. The fourth-order valence-corrected chi connectivity index (χ4v) is 1.58. The van der Waals surface area contributed by atoms with Crippen molar-refractivity contribution >= 4 is 23.5 Å². The van der Waals surface area contributed by atoms with Gasteiger partial charge in [0.1, 0.15) is 12.4 Å². The van der Waals surface area contributed by atoms with Crippen LogP contribution < -0.4 is 10.1 Å². The summed E-state index contributed by atoms with van der Waals surface area (Å²) < 4.78 is 10.2. The molecule has 0 saturated heterocycles. The molecule has 0 fully saturated rings. The first kappa shape index (κ1) is 15.3. The fourth-order valence-electron chi connectivity index (χ4n) is 1.35. The third kappa shape index (κ3) is 5.18. The number of esters is 1. The summed E-state index contributed by atoms with van der Waals surface area (Å²) in [5, 5.41) is 2.93. The van der Waals surface area contributed by atoms with Crippen molar-refractivity contribution in [2.75, 3.05) is 19.8 Å². The van der Waals surface area contributed by atoms with Gasteiger partial charge in [-0.25, -0.2) is 4.79 Å². The third-order valence-electron chi connectivity index (χ3n) is 2.18. The van der Waals surface area contributed by atoms with E-state index in [1.54, 1.807) is 19.1 Å². The van der Waals surface area contributed by atoms with Crippen LogP contribution in [-0.4, -0.2) is 31.6 Å². The van der Waals surface area contributed by atoms with E-state index < -0.39 is 5.97 Å². The molecule has 1 amide bonds. The Morgan fingerprint density at radius 3 is 2.68 bits per heavy atom. The van der Waals surface area contributed by atoms with Crippen LogP contribution in [0.3, 0.4) is 0 Å². The van der Waals surface area contributed by atoms with E-state index in [9.17, 15) is 9.59 Å². The molecule has 6 heteroatoms. The summed E-state index contributed by atoms with van der Waals surface area (Å²) in [7, 11) is 0. The zero-order valence-corrected chi connectivity index (χ0v) is 11.6. The minimum Gasteiger partial charge on any atom is -0.490 e. The summed E-state index contributed by atoms with van der Waals surface area (Å²) in [4.78, 5) is 22.1. The van der Waals surface area contributed by atoms with Crippen LogP contribution in [0.2, 0.25) is 5.02 Å². The summed E-state index contributed by atoms with van der Waals surface area (Å²) in [6.07, 6.45) is 0. The van der Waals surface area contributed by atoms with Gasteiger partial charge in [0.05, 0.1) is 23.7 Å². The number of nitrogens with one attached hydrogen (secondary N) is 1. The first-order valence-electron chi connectivity index (χ1n) is 5.88. The Kier molecular flexibility index (Phi) is 6.15. The van der Waals surface area contributed by atoms with Crippen molar-refractivity contribution in [1.29, 1.82) is 0 Å². The number of carbonyl (C=O) groups excluding carboxylic acids is 2. The lowest BCUT2D eigenvalue weighted by molar-refractivity contribution is -0.119. The third-order valence-corrected chi connectivity index (χ3v) is 2.47. The van der Waals surface area contributed by atoms with Crippen molar-refractivity contribution in [2.24, 2.45) is 0 Å². The van der Waals surface area contributed by atoms with E-state index >= 15 is 0 Å². The van der Waals surface area contributed by atoms with Gasteiger partial charge >= 0.3 is 5.97 Å². The van der Waals surface area contributed by atoms with E-state index in [4.69, 9.17) is 21.1 Å². The van der Waals surface area contributed by atoms with Crippen LogP contribution in [0.5, 0.6) is 5.75 Å². The number of ether oxygens (including phenoxy) is 2. The number of benzene rings is 1. The lowest BCUT2D eigenvalue weighted by Crippen LogP contribution is -2.25. The van der Waals surface area contributed by atoms with Crippen LogP contribution >= 0.6 is 11.6 Å². The maximum Gasteiger partial charge on any atom is 0.338 e. The summed E-state index contributed by atoms with van der Waals surface area (Å²) in [5.41, 5.74) is 0.376. The Labute approximate surface area is 116 Å². The first-order chi connectivity index (χ1) is 9.04. The monoisotopic (exact) mass is 285 g/mol. The zero-order valence-electron chi connectivity index (χ0n) is 10.9. The molecule has 0 aromatic heterocycles. The Bertz CT molecular complexity index is 462. The van der Waals surface area contributed by atoms with Gasteiger partial charge in [0.2, 0.25) is 5.91 Å². The largest absolute Gasteiger partial charge is 0.490 e. The van der Waals surface area contributed by atoms with Gasteiger partial charge in [-0.15, -0.1) is 0 Å². The molecule has 0 radical (unpaired) electrons. The second-order valence-electron chi connectivity index (χ2n) is 3.70. The fraction of sp³-hybridized carbons (Fsp3) is 0.385. The van der Waals surface area contributed by atoms with Crippen molar-refractivity contribution in [3.05, 3.63) is 28.8 Å². The Morgan fingerprint density at radius 2 is 2.11 bits per heavy atom. The molecule has 104 valence electrons. The van der Waals surface area contributed by atoms with Crippen LogP contribution in [0.4, 0.5) is 0 Å². The van der Waals surface area contributed by atoms with Gasteiger partial charge in [-0.1, -0.05) is 11.6 Å². The van der Waals surface area contributed by atoms with Crippen LogP contribution in [0.25, 0.3) is 0 Å². The maximum absolute atomic E-state index is 11.5. The lowest BCUT2D eigenvalue weighted by atomic mass is 10.2. The van der Waals surface area contributed by atoms with Gasteiger partial charge in [-0.05, 0) is 25.1 Å². The average Bonchev–Trinajstić information content (AvgIpc) is 2.36. The molecule has 19 heavy (non-hydrogen) atoms. The van der Waals surface area contributed by atoms with Gasteiger partial charge in [0.25, 0.3) is 0 Å². The van der Waals surface area contributed by atoms with Gasteiger partial charge in [-0.3, -0.25) is 4.79 Å². The minimum absolute atomic E-state index is 0.118. The minimum atomic E-state index is -0.422. The van der Waals surface area contributed by atoms with Crippen molar-refractivity contribution < 1.29 is 19.1 Å². The van der Waals surface area contributed by atoms with Gasteiger partial charge < -0.3 is 14.8 Å². The second-order valence-corrected chi connectivity index (χ2v) is 4.10. The SMILES string of the molecule is CCOC(=O)c1ccc(OCCNC(C)=O)c(Cl)c1. The first-order valence-corrected chi connectivity index (χ1v) is 6.26. The standard InChI is InChI=1S/C13H16ClNO4/c1-3-18-13(17)10-4-5-12(11(14)8-10)19-7-6-15-9(2)16/h4-5,8H,3,6-7H2,1-2H3,(H,15,16). The molecule has 0 saturated carbocycles. The van der Waals surface area contributed by atoms with Crippen LogP contribution in [0.1, 0.15) is 24.2 Å². The van der Waals surface area contributed by atoms with Crippen LogP contribution in [-0.2, 0) is 9.53 Å². The molecule has 0 unspecified atom stereocenters. The number of rotatable bonds is 6. The van der Waals surface area contributed by atoms with Gasteiger partial charge in [0.15, 0.2) is 0 Å². The molecule has 1 N–H and O–H groups in total. The molecule has 5 nitrogen and oxygen atoms in total. The number of hydrogen-bond donors (Lipinski definition) is 1. The number of carbonyl (C=O) groups is 2. The molecule has 0 spiro atoms. The number of amides is 1. The molecular weight excluding hydrogens is 270 g/mol. The van der Waals surface area contributed by atoms with Gasteiger partial charge in [0, 0.05) is 6.92 Å². The highest BCUT2D eigenvalue weighted by molar-refractivity contribution is 6.32. The van der Waals surface area contributed by atoms with E-state index in [0.717, 1.165) is 0 Å². The summed E-state index contributed by atoms with van der Waals surface area (Å²) in [5.74, 6) is -0.0818.